The Morgan fingerprint density at radius 3 is 1.52 bits per heavy atom. The van der Waals surface area contributed by atoms with Gasteiger partial charge in [-0.15, -0.1) is 0 Å². The van der Waals surface area contributed by atoms with Crippen LogP contribution in [0.4, 0.5) is 0 Å². The van der Waals surface area contributed by atoms with E-state index in [2.05, 4.69) is 49.4 Å². The molecule has 0 aliphatic carbocycles. The molecule has 0 aliphatic heterocycles. The molecular weight excluding hydrogens is 359 g/mol. The number of hydrogen-bond donors (Lipinski definition) is 0. The smallest absolute Gasteiger partial charge is 1.00 e. The first-order valence-electron chi connectivity index (χ1n) is 12.4. The summed E-state index contributed by atoms with van der Waals surface area (Å²) >= 11 is 0. The second-order valence-electron chi connectivity index (χ2n) is 8.69. The number of hydrogen-bond acceptors (Lipinski definition) is 0. The van der Waals surface area contributed by atoms with Crippen LogP contribution in [0.1, 0.15) is 117 Å². The molecule has 0 aromatic heterocycles. The first kappa shape index (κ1) is 26.7. The van der Waals surface area contributed by atoms with Gasteiger partial charge in [0, 0.05) is 0 Å². The minimum absolute atomic E-state index is 0. The van der Waals surface area contributed by atoms with Crippen molar-refractivity contribution in [1.29, 1.82) is 0 Å². The summed E-state index contributed by atoms with van der Waals surface area (Å²) in [5.41, 5.74) is 1.53. The predicted octanol–water partition coefficient (Wildman–Crippen LogP) is 6.76. The fourth-order valence-electron chi connectivity index (χ4n) is 4.37. The monoisotopic (exact) mass is 404 g/mol. The molecule has 0 N–H and O–H groups in total. The van der Waals surface area contributed by atoms with Crippen LogP contribution >= 0.6 is 0 Å². The number of benzene rings is 2. The average Bonchev–Trinajstić information content (AvgIpc) is 2.73. The van der Waals surface area contributed by atoms with Crippen LogP contribution in [0.3, 0.4) is 0 Å². The minimum atomic E-state index is 0. The van der Waals surface area contributed by atoms with Crippen molar-refractivity contribution in [2.24, 2.45) is 0 Å². The van der Waals surface area contributed by atoms with E-state index < -0.39 is 0 Å². The molecule has 0 spiro atoms. The second-order valence-corrected chi connectivity index (χ2v) is 8.69. The summed E-state index contributed by atoms with van der Waals surface area (Å²) in [5, 5.41) is 2.84. The molecule has 0 saturated heterocycles. The van der Waals surface area contributed by atoms with Crippen LogP contribution in [-0.4, -0.2) is 0 Å². The van der Waals surface area contributed by atoms with Crippen molar-refractivity contribution in [3.63, 3.8) is 0 Å². The molecule has 0 atom stereocenters. The summed E-state index contributed by atoms with van der Waals surface area (Å²) in [5.74, 6) is 0. The third-order valence-corrected chi connectivity index (χ3v) is 6.18. The standard InChI is InChI=1S/C28H44.Na.H/c1-2-3-4-5-6-7-8-9-10-11-12-13-14-15-16-17-21-26-23-20-24-27-22-18-19-25-28(26)27;;/h18-20,22-25H,2-17,21H2,1H3;;/q;+1;-1. The Balaban J connectivity index is 0.00000420. The Morgan fingerprint density at radius 1 is 0.517 bits per heavy atom. The van der Waals surface area contributed by atoms with E-state index in [1.165, 1.54) is 125 Å². The van der Waals surface area contributed by atoms with Crippen molar-refractivity contribution >= 4 is 10.8 Å². The molecule has 0 fully saturated rings. The van der Waals surface area contributed by atoms with E-state index in [4.69, 9.17) is 0 Å². The molecule has 2 aromatic carbocycles. The van der Waals surface area contributed by atoms with Gasteiger partial charge in [0.2, 0.25) is 0 Å². The number of fused-ring (bicyclic) bond motifs is 1. The van der Waals surface area contributed by atoms with E-state index in [1.807, 2.05) is 0 Å². The first-order valence-corrected chi connectivity index (χ1v) is 12.4. The summed E-state index contributed by atoms with van der Waals surface area (Å²) in [7, 11) is 0. The second kappa shape index (κ2) is 18.5. The van der Waals surface area contributed by atoms with E-state index in [0.29, 0.717) is 0 Å². The molecule has 2 aromatic rings. The van der Waals surface area contributed by atoms with Crippen LogP contribution in [0, 0.1) is 0 Å². The van der Waals surface area contributed by atoms with E-state index in [1.54, 1.807) is 0 Å². The average molecular weight is 405 g/mol. The van der Waals surface area contributed by atoms with Crippen LogP contribution in [0.2, 0.25) is 0 Å². The maximum absolute atomic E-state index is 2.31. The van der Waals surface area contributed by atoms with Crippen LogP contribution in [0.25, 0.3) is 10.8 Å². The molecule has 0 heterocycles. The third-order valence-electron chi connectivity index (χ3n) is 6.18. The zero-order valence-corrected chi connectivity index (χ0v) is 21.6. The molecule has 0 aliphatic rings. The van der Waals surface area contributed by atoms with Crippen molar-refractivity contribution in [2.75, 3.05) is 0 Å². The quantitative estimate of drug-likeness (QED) is 0.202. The molecule has 1 heteroatoms. The molecule has 158 valence electrons. The van der Waals surface area contributed by atoms with E-state index in [0.717, 1.165) is 0 Å². The van der Waals surface area contributed by atoms with Crippen molar-refractivity contribution in [3.05, 3.63) is 48.0 Å². The molecular formula is C28H45Na. The van der Waals surface area contributed by atoms with Gasteiger partial charge in [0.1, 0.15) is 0 Å². The van der Waals surface area contributed by atoms with Gasteiger partial charge in [-0.1, -0.05) is 146 Å². The zero-order chi connectivity index (χ0) is 19.7. The molecule has 29 heavy (non-hydrogen) atoms. The minimum Gasteiger partial charge on any atom is -1.00 e. The Bertz CT molecular complexity index is 620. The molecule has 0 amide bonds. The Labute approximate surface area is 205 Å². The Hall–Kier alpha value is -0.300. The number of rotatable bonds is 17. The van der Waals surface area contributed by atoms with Crippen LogP contribution < -0.4 is 29.6 Å². The third kappa shape index (κ3) is 12.2. The largest absolute Gasteiger partial charge is 1.00 e. The van der Waals surface area contributed by atoms with Crippen molar-refractivity contribution in [3.8, 4) is 0 Å². The summed E-state index contributed by atoms with van der Waals surface area (Å²) in [4.78, 5) is 0. The van der Waals surface area contributed by atoms with E-state index in [-0.39, 0.29) is 31.0 Å². The molecule has 0 bridgehead atoms. The van der Waals surface area contributed by atoms with Gasteiger partial charge in [-0.25, -0.2) is 0 Å². The maximum Gasteiger partial charge on any atom is 1.00 e. The topological polar surface area (TPSA) is 0 Å². The Kier molecular flexibility index (Phi) is 17.0. The van der Waals surface area contributed by atoms with Crippen LogP contribution in [-0.2, 0) is 6.42 Å². The van der Waals surface area contributed by atoms with Crippen molar-refractivity contribution < 1.29 is 31.0 Å². The normalized spacial score (nSPS) is 10.9. The van der Waals surface area contributed by atoms with Gasteiger partial charge in [-0.05, 0) is 29.2 Å². The van der Waals surface area contributed by atoms with Crippen LogP contribution in [0.15, 0.2) is 42.5 Å². The summed E-state index contributed by atoms with van der Waals surface area (Å²) in [6.07, 6.45) is 24.3. The summed E-state index contributed by atoms with van der Waals surface area (Å²) < 4.78 is 0. The maximum atomic E-state index is 2.31. The number of unbranched alkanes of at least 4 members (excludes halogenated alkanes) is 15. The van der Waals surface area contributed by atoms with Gasteiger partial charge in [0.25, 0.3) is 0 Å². The molecule has 0 unspecified atom stereocenters. The van der Waals surface area contributed by atoms with E-state index >= 15 is 0 Å². The summed E-state index contributed by atoms with van der Waals surface area (Å²) in [6, 6.07) is 15.6. The zero-order valence-electron chi connectivity index (χ0n) is 20.6. The van der Waals surface area contributed by atoms with Crippen molar-refractivity contribution in [1.82, 2.24) is 0 Å². The SMILES string of the molecule is CCCCCCCCCCCCCCCCCCc1cccc2ccccc12.[H-].[Na+]. The van der Waals surface area contributed by atoms with Gasteiger partial charge in [0.15, 0.2) is 0 Å². The molecule has 2 rings (SSSR count). The number of aryl methyl sites for hydroxylation is 1. The Morgan fingerprint density at radius 2 is 0.966 bits per heavy atom. The molecule has 0 nitrogen and oxygen atoms in total. The predicted molar refractivity (Wildman–Crippen MR) is 128 cm³/mol. The fourth-order valence-corrected chi connectivity index (χ4v) is 4.37. The van der Waals surface area contributed by atoms with Gasteiger partial charge < -0.3 is 1.43 Å². The summed E-state index contributed by atoms with van der Waals surface area (Å²) in [6.45, 7) is 2.30. The van der Waals surface area contributed by atoms with Gasteiger partial charge >= 0.3 is 29.6 Å². The van der Waals surface area contributed by atoms with Gasteiger partial charge in [-0.2, -0.15) is 0 Å². The van der Waals surface area contributed by atoms with Crippen molar-refractivity contribution in [2.45, 2.75) is 116 Å². The van der Waals surface area contributed by atoms with Gasteiger partial charge in [-0.3, -0.25) is 0 Å². The molecule has 0 radical (unpaired) electrons. The van der Waals surface area contributed by atoms with E-state index in [9.17, 15) is 0 Å². The molecule has 0 saturated carbocycles. The van der Waals surface area contributed by atoms with Gasteiger partial charge in [0.05, 0.1) is 0 Å². The first-order chi connectivity index (χ1) is 13.9. The fraction of sp³-hybridized carbons (Fsp3) is 0.643. The van der Waals surface area contributed by atoms with Crippen LogP contribution in [0.5, 0.6) is 0 Å².